The van der Waals surface area contributed by atoms with Crippen LogP contribution in [0.5, 0.6) is 0 Å². The van der Waals surface area contributed by atoms with Gasteiger partial charge in [0, 0.05) is 46.0 Å². The van der Waals surface area contributed by atoms with Gasteiger partial charge in [-0.3, -0.25) is 19.5 Å². The summed E-state index contributed by atoms with van der Waals surface area (Å²) in [5.74, 6) is -0.998. The molecule has 17 heteroatoms. The van der Waals surface area contributed by atoms with Crippen molar-refractivity contribution in [2.24, 2.45) is 10.9 Å². The number of aliphatic carboxylic acids is 1. The standard InChI is InChI=1S/C20H20ClN7O5S4/c21-15-11(26-20(23)37-15)12(27-33)16(29)25-13-17(30)28-14(19(31)32)10(7-35-18(13)28)36-9-1-3-24-5-8(9)6-34-4-2-22/h1,3,5,13,18,33H,2,4,6-7,22H2,(H2,23,26)(H,25,29)(H,31,32)/b27-12-/t13-,18+/m1/s1. The Bertz CT molecular complexity index is 1300. The number of hydrogen-bond acceptors (Lipinski definition) is 13. The molecular formula is C20H20ClN7O5S4. The lowest BCUT2D eigenvalue weighted by atomic mass is 10.0. The molecule has 2 aromatic rings. The first-order valence-electron chi connectivity index (χ1n) is 10.5. The van der Waals surface area contributed by atoms with E-state index in [4.69, 9.17) is 23.1 Å². The molecule has 2 aliphatic heterocycles. The second-order valence-corrected chi connectivity index (χ2v) is 12.5. The van der Waals surface area contributed by atoms with Crippen molar-refractivity contribution in [2.75, 3.05) is 23.8 Å². The molecular weight excluding hydrogens is 582 g/mol. The number of nitrogens with zero attached hydrogens (tertiary/aromatic N) is 4. The number of amides is 2. The van der Waals surface area contributed by atoms with Gasteiger partial charge in [0.15, 0.2) is 10.8 Å². The zero-order valence-corrected chi connectivity index (χ0v) is 22.8. The molecule has 37 heavy (non-hydrogen) atoms. The first-order valence-corrected chi connectivity index (χ1v) is 14.7. The summed E-state index contributed by atoms with van der Waals surface area (Å²) in [4.78, 5) is 48.5. The molecule has 4 rings (SSSR count). The first-order chi connectivity index (χ1) is 17.8. The summed E-state index contributed by atoms with van der Waals surface area (Å²) in [5.41, 5.74) is 11.3. The second-order valence-electron chi connectivity index (χ2n) is 7.49. The van der Waals surface area contributed by atoms with Crippen molar-refractivity contribution in [3.05, 3.63) is 44.7 Å². The molecule has 2 amide bonds. The predicted octanol–water partition coefficient (Wildman–Crippen LogP) is 1.63. The van der Waals surface area contributed by atoms with E-state index < -0.39 is 34.9 Å². The van der Waals surface area contributed by atoms with Crippen LogP contribution in [0.2, 0.25) is 4.34 Å². The quantitative estimate of drug-likeness (QED) is 0.0868. The highest BCUT2D eigenvalue weighted by molar-refractivity contribution is 8.06. The number of pyridine rings is 1. The van der Waals surface area contributed by atoms with E-state index >= 15 is 0 Å². The van der Waals surface area contributed by atoms with Crippen LogP contribution in [-0.4, -0.2) is 78.1 Å². The van der Waals surface area contributed by atoms with Gasteiger partial charge in [-0.15, -0.1) is 11.8 Å². The normalized spacial score (nSPS) is 19.5. The molecule has 196 valence electrons. The first kappa shape index (κ1) is 27.5. The largest absolute Gasteiger partial charge is 0.477 e. The highest BCUT2D eigenvalue weighted by Gasteiger charge is 2.54. The number of halogens is 1. The van der Waals surface area contributed by atoms with Crippen LogP contribution in [0.3, 0.4) is 0 Å². The van der Waals surface area contributed by atoms with E-state index in [9.17, 15) is 24.7 Å². The van der Waals surface area contributed by atoms with Crippen molar-refractivity contribution in [1.29, 1.82) is 0 Å². The van der Waals surface area contributed by atoms with Crippen LogP contribution in [0.1, 0.15) is 11.3 Å². The molecule has 1 saturated heterocycles. The number of nitrogens with two attached hydrogens (primary N) is 2. The minimum atomic E-state index is -1.25. The molecule has 0 radical (unpaired) electrons. The Labute approximate surface area is 232 Å². The van der Waals surface area contributed by atoms with Crippen LogP contribution in [0.15, 0.2) is 39.1 Å². The van der Waals surface area contributed by atoms with E-state index in [1.165, 1.54) is 23.5 Å². The predicted molar refractivity (Wildman–Crippen MR) is 145 cm³/mol. The molecule has 0 aliphatic carbocycles. The van der Waals surface area contributed by atoms with Crippen molar-refractivity contribution in [3.63, 3.8) is 0 Å². The summed E-state index contributed by atoms with van der Waals surface area (Å²) >= 11 is 11.1. The van der Waals surface area contributed by atoms with Crippen molar-refractivity contribution < 1.29 is 24.7 Å². The van der Waals surface area contributed by atoms with Gasteiger partial charge in [-0.05, 0) is 11.6 Å². The Morgan fingerprint density at radius 1 is 1.41 bits per heavy atom. The number of rotatable bonds is 10. The highest BCUT2D eigenvalue weighted by atomic mass is 35.5. The number of thiazole rings is 1. The van der Waals surface area contributed by atoms with E-state index in [1.54, 1.807) is 30.2 Å². The number of nitrogens with one attached hydrogen (secondary N) is 1. The van der Waals surface area contributed by atoms with E-state index in [0.29, 0.717) is 23.0 Å². The number of hydrogen-bond donors (Lipinski definition) is 5. The molecule has 2 aliphatic rings. The maximum absolute atomic E-state index is 13.0. The molecule has 0 bridgehead atoms. The number of carbonyl (C=O) groups is 3. The number of nitrogen functional groups attached to an aromatic ring is 1. The maximum atomic E-state index is 13.0. The molecule has 2 aromatic heterocycles. The highest BCUT2D eigenvalue weighted by Crippen LogP contribution is 2.46. The average Bonchev–Trinajstić information content (AvgIpc) is 3.20. The van der Waals surface area contributed by atoms with Crippen LogP contribution in [0.25, 0.3) is 0 Å². The van der Waals surface area contributed by atoms with E-state index in [2.05, 4.69) is 20.4 Å². The topological polar surface area (TPSA) is 197 Å². The molecule has 4 heterocycles. The molecule has 0 aromatic carbocycles. The summed E-state index contributed by atoms with van der Waals surface area (Å²) in [7, 11) is 0. The molecule has 7 N–H and O–H groups in total. The monoisotopic (exact) mass is 601 g/mol. The van der Waals surface area contributed by atoms with Gasteiger partial charge in [0.05, 0.1) is 0 Å². The fourth-order valence-corrected chi connectivity index (χ4v) is 7.91. The SMILES string of the molecule is NCCSCc1cnccc1SC1=C(C(=O)O)N2C(=O)[C@@H](NC(=O)/C(=N\O)c3nc(N)sc3Cl)[C@@H]2SC1. The van der Waals surface area contributed by atoms with E-state index in [1.807, 2.05) is 0 Å². The summed E-state index contributed by atoms with van der Waals surface area (Å²) in [5, 5.41) is 24.2. The van der Waals surface area contributed by atoms with Crippen molar-refractivity contribution in [3.8, 4) is 0 Å². The molecule has 1 fully saturated rings. The third-order valence-electron chi connectivity index (χ3n) is 5.18. The fraction of sp³-hybridized carbons (Fsp3) is 0.300. The van der Waals surface area contributed by atoms with Crippen molar-refractivity contribution in [2.45, 2.75) is 22.1 Å². The van der Waals surface area contributed by atoms with Crippen molar-refractivity contribution in [1.82, 2.24) is 20.2 Å². The van der Waals surface area contributed by atoms with Gasteiger partial charge < -0.3 is 27.1 Å². The average molecular weight is 602 g/mol. The summed E-state index contributed by atoms with van der Waals surface area (Å²) in [6.07, 6.45) is 3.36. The lowest BCUT2D eigenvalue weighted by Crippen LogP contribution is -2.71. The Hall–Kier alpha value is -2.50. The Morgan fingerprint density at radius 3 is 2.84 bits per heavy atom. The van der Waals surface area contributed by atoms with Gasteiger partial charge >= 0.3 is 5.97 Å². The molecule has 0 saturated carbocycles. The lowest BCUT2D eigenvalue weighted by Gasteiger charge is -2.49. The Balaban J connectivity index is 1.52. The van der Waals surface area contributed by atoms with Gasteiger partial charge in [0.25, 0.3) is 11.8 Å². The lowest BCUT2D eigenvalue weighted by molar-refractivity contribution is -0.150. The zero-order valence-electron chi connectivity index (χ0n) is 18.8. The van der Waals surface area contributed by atoms with Crippen molar-refractivity contribution >= 4 is 86.9 Å². The van der Waals surface area contributed by atoms with Crippen LogP contribution in [0.4, 0.5) is 5.13 Å². The van der Waals surface area contributed by atoms with Crippen LogP contribution < -0.4 is 16.8 Å². The third kappa shape index (κ3) is 5.68. The van der Waals surface area contributed by atoms with Crippen LogP contribution in [0, 0.1) is 0 Å². The second kappa shape index (κ2) is 11.9. The number of fused-ring (bicyclic) bond motifs is 1. The van der Waals surface area contributed by atoms with E-state index in [0.717, 1.165) is 32.4 Å². The summed E-state index contributed by atoms with van der Waals surface area (Å²) in [6.45, 7) is 0.547. The number of thioether (sulfide) groups is 3. The number of aromatic nitrogens is 2. The smallest absolute Gasteiger partial charge is 0.353 e. The number of oxime groups is 1. The van der Waals surface area contributed by atoms with E-state index in [-0.39, 0.29) is 20.9 Å². The Kier molecular flexibility index (Phi) is 8.86. The zero-order chi connectivity index (χ0) is 26.7. The fourth-order valence-electron chi connectivity index (χ4n) is 3.56. The molecule has 2 atom stereocenters. The van der Waals surface area contributed by atoms with Crippen LogP contribution >= 0.6 is 58.2 Å². The van der Waals surface area contributed by atoms with Gasteiger partial charge in [-0.2, -0.15) is 11.8 Å². The number of anilines is 1. The molecule has 0 unspecified atom stereocenters. The minimum Gasteiger partial charge on any atom is -0.477 e. The number of carbonyl (C=O) groups excluding carboxylic acids is 2. The van der Waals surface area contributed by atoms with Gasteiger partial charge in [-0.25, -0.2) is 9.78 Å². The summed E-state index contributed by atoms with van der Waals surface area (Å²) < 4.78 is 0.0451. The molecule has 0 spiro atoms. The minimum absolute atomic E-state index is 0.0451. The van der Waals surface area contributed by atoms with Gasteiger partial charge in [-0.1, -0.05) is 39.9 Å². The Morgan fingerprint density at radius 2 is 2.19 bits per heavy atom. The third-order valence-corrected chi connectivity index (χ3v) is 9.96. The number of carboxylic acid groups (broad SMARTS) is 1. The van der Waals surface area contributed by atoms with Crippen LogP contribution in [-0.2, 0) is 20.1 Å². The van der Waals surface area contributed by atoms with Gasteiger partial charge in [0.2, 0.25) is 0 Å². The van der Waals surface area contributed by atoms with Gasteiger partial charge in [0.1, 0.15) is 27.1 Å². The maximum Gasteiger partial charge on any atom is 0.353 e. The number of β-lactam (4-membered cyclic amide) rings is 1. The molecule has 12 nitrogen and oxygen atoms in total. The summed E-state index contributed by atoms with van der Waals surface area (Å²) in [6, 6.07) is 0.772. The number of carboxylic acids is 1.